The van der Waals surface area contributed by atoms with Crippen LogP contribution in [0.1, 0.15) is 37.8 Å². The molecule has 1 atom stereocenters. The van der Waals surface area contributed by atoms with Gasteiger partial charge in [0.05, 0.1) is 0 Å². The molecule has 7 heteroatoms. The monoisotopic (exact) mass is 333 g/mol. The van der Waals surface area contributed by atoms with E-state index in [1.54, 1.807) is 35.2 Å². The molecule has 0 radical (unpaired) electrons. The number of likely N-dealkylation sites (tertiary alicyclic amines) is 1. The van der Waals surface area contributed by atoms with Crippen LogP contribution in [-0.4, -0.2) is 52.6 Å². The average molecular weight is 333 g/mol. The highest BCUT2D eigenvalue weighted by atomic mass is 16.4. The summed E-state index contributed by atoms with van der Waals surface area (Å²) in [4.78, 5) is 39.3. The first-order chi connectivity index (χ1) is 11.5. The average Bonchev–Trinajstić information content (AvgIpc) is 3.12. The number of aliphatic carboxylic acids is 1. The predicted octanol–water partition coefficient (Wildman–Crippen LogP) is 2.45. The van der Waals surface area contributed by atoms with Gasteiger partial charge in [0.15, 0.2) is 6.04 Å². The Kier molecular flexibility index (Phi) is 6.17. The molecule has 1 saturated heterocycles. The highest BCUT2D eigenvalue weighted by Gasteiger charge is 2.31. The second-order valence-corrected chi connectivity index (χ2v) is 5.76. The first-order valence-electron chi connectivity index (χ1n) is 8.19. The summed E-state index contributed by atoms with van der Waals surface area (Å²) in [5.74, 6) is -1.17. The standard InChI is InChI=1S/C17H23N3O4/c1-2-10-20(17(24)19-11-6-7-12-19)16(23)18-14(15(21)22)13-8-4-3-5-9-13/h3-5,8-9,14H,2,6-7,10-12H2,1H3,(H,18,23)(H,21,22). The van der Waals surface area contributed by atoms with Crippen LogP contribution in [-0.2, 0) is 4.79 Å². The van der Waals surface area contributed by atoms with Crippen LogP contribution in [0.4, 0.5) is 9.59 Å². The van der Waals surface area contributed by atoms with Gasteiger partial charge in [-0.05, 0) is 24.8 Å². The van der Waals surface area contributed by atoms with Gasteiger partial charge in [-0.25, -0.2) is 19.3 Å². The van der Waals surface area contributed by atoms with Crippen LogP contribution in [0, 0.1) is 0 Å². The minimum absolute atomic E-state index is 0.252. The molecule has 0 aromatic heterocycles. The summed E-state index contributed by atoms with van der Waals surface area (Å²) < 4.78 is 0. The molecule has 2 N–H and O–H groups in total. The quantitative estimate of drug-likeness (QED) is 0.866. The van der Waals surface area contributed by atoms with Crippen molar-refractivity contribution in [3.05, 3.63) is 35.9 Å². The summed E-state index contributed by atoms with van der Waals surface area (Å²) in [6.45, 7) is 3.38. The summed E-state index contributed by atoms with van der Waals surface area (Å²) >= 11 is 0. The number of nitrogens with zero attached hydrogens (tertiary/aromatic N) is 2. The molecular formula is C17H23N3O4. The Hall–Kier alpha value is -2.57. The van der Waals surface area contributed by atoms with Crippen molar-refractivity contribution in [2.75, 3.05) is 19.6 Å². The Morgan fingerprint density at radius 3 is 2.38 bits per heavy atom. The first kappa shape index (κ1) is 17.8. The van der Waals surface area contributed by atoms with E-state index in [1.165, 1.54) is 0 Å². The molecule has 2 rings (SSSR count). The van der Waals surface area contributed by atoms with Crippen molar-refractivity contribution in [3.8, 4) is 0 Å². The van der Waals surface area contributed by atoms with Crippen molar-refractivity contribution in [3.63, 3.8) is 0 Å². The summed E-state index contributed by atoms with van der Waals surface area (Å²) in [5, 5.41) is 11.9. The normalized spacial score (nSPS) is 15.0. The molecule has 0 aliphatic carbocycles. The Balaban J connectivity index is 2.13. The maximum Gasteiger partial charge on any atom is 0.330 e. The van der Waals surface area contributed by atoms with Crippen molar-refractivity contribution in [1.82, 2.24) is 15.1 Å². The summed E-state index contributed by atoms with van der Waals surface area (Å²) in [6.07, 6.45) is 2.46. The number of carboxylic acids is 1. The van der Waals surface area contributed by atoms with Crippen LogP contribution < -0.4 is 5.32 Å². The summed E-state index contributed by atoms with van der Waals surface area (Å²) in [5.41, 5.74) is 0.461. The topological polar surface area (TPSA) is 90.0 Å². The molecule has 0 saturated carbocycles. The van der Waals surface area contributed by atoms with Crippen molar-refractivity contribution in [1.29, 1.82) is 0 Å². The van der Waals surface area contributed by atoms with Crippen LogP contribution >= 0.6 is 0 Å². The van der Waals surface area contributed by atoms with Gasteiger partial charge in [0, 0.05) is 19.6 Å². The first-order valence-corrected chi connectivity index (χ1v) is 8.19. The zero-order chi connectivity index (χ0) is 17.5. The number of rotatable bonds is 5. The second-order valence-electron chi connectivity index (χ2n) is 5.76. The van der Waals surface area contributed by atoms with Crippen LogP contribution in [0.3, 0.4) is 0 Å². The number of urea groups is 2. The lowest BCUT2D eigenvalue weighted by atomic mass is 10.1. The Bertz CT molecular complexity index is 585. The van der Waals surface area contributed by atoms with Gasteiger partial charge in [0.2, 0.25) is 0 Å². The fourth-order valence-corrected chi connectivity index (χ4v) is 2.72. The molecule has 1 aromatic carbocycles. The second kappa shape index (κ2) is 8.33. The molecule has 24 heavy (non-hydrogen) atoms. The number of carboxylic acid groups (broad SMARTS) is 1. The van der Waals surface area contributed by atoms with Gasteiger partial charge in [-0.1, -0.05) is 37.3 Å². The van der Waals surface area contributed by atoms with Gasteiger partial charge in [0.25, 0.3) is 0 Å². The largest absolute Gasteiger partial charge is 0.479 e. The lowest BCUT2D eigenvalue weighted by Gasteiger charge is -2.27. The van der Waals surface area contributed by atoms with E-state index in [9.17, 15) is 19.5 Å². The van der Waals surface area contributed by atoms with E-state index in [-0.39, 0.29) is 12.6 Å². The van der Waals surface area contributed by atoms with Crippen molar-refractivity contribution in [2.45, 2.75) is 32.2 Å². The Morgan fingerprint density at radius 1 is 1.21 bits per heavy atom. The zero-order valence-corrected chi connectivity index (χ0v) is 13.8. The lowest BCUT2D eigenvalue weighted by molar-refractivity contribution is -0.139. The number of carbonyl (C=O) groups excluding carboxylic acids is 2. The van der Waals surface area contributed by atoms with Gasteiger partial charge >= 0.3 is 18.0 Å². The highest BCUT2D eigenvalue weighted by molar-refractivity contribution is 5.95. The fourth-order valence-electron chi connectivity index (χ4n) is 2.72. The van der Waals surface area contributed by atoms with Crippen LogP contribution in [0.15, 0.2) is 30.3 Å². The maximum atomic E-state index is 12.5. The van der Waals surface area contributed by atoms with Crippen LogP contribution in [0.2, 0.25) is 0 Å². The minimum atomic E-state index is -1.19. The maximum absolute atomic E-state index is 12.5. The Morgan fingerprint density at radius 2 is 1.83 bits per heavy atom. The number of hydrogen-bond donors (Lipinski definition) is 2. The summed E-state index contributed by atoms with van der Waals surface area (Å²) in [7, 11) is 0. The molecule has 1 fully saturated rings. The van der Waals surface area contributed by atoms with E-state index >= 15 is 0 Å². The van der Waals surface area contributed by atoms with Gasteiger partial charge in [-0.15, -0.1) is 0 Å². The van der Waals surface area contributed by atoms with E-state index in [4.69, 9.17) is 0 Å². The molecular weight excluding hydrogens is 310 g/mol. The molecule has 0 bridgehead atoms. The third-order valence-electron chi connectivity index (χ3n) is 3.95. The molecule has 1 aliphatic heterocycles. The van der Waals surface area contributed by atoms with Crippen LogP contribution in [0.25, 0.3) is 0 Å². The molecule has 4 amide bonds. The smallest absolute Gasteiger partial charge is 0.330 e. The number of imide groups is 1. The summed E-state index contributed by atoms with van der Waals surface area (Å²) in [6, 6.07) is 6.22. The van der Waals surface area contributed by atoms with Gasteiger partial charge in [-0.2, -0.15) is 0 Å². The fraction of sp³-hybridized carbons (Fsp3) is 0.471. The molecule has 1 aromatic rings. The van der Waals surface area contributed by atoms with E-state index in [0.29, 0.717) is 25.1 Å². The SMILES string of the molecule is CCCN(C(=O)NC(C(=O)O)c1ccccc1)C(=O)N1CCCC1. The van der Waals surface area contributed by atoms with Crippen molar-refractivity contribution in [2.24, 2.45) is 0 Å². The Labute approximate surface area is 141 Å². The lowest BCUT2D eigenvalue weighted by Crippen LogP contribution is -2.51. The predicted molar refractivity (Wildman–Crippen MR) is 88.6 cm³/mol. The number of benzene rings is 1. The van der Waals surface area contributed by atoms with E-state index in [2.05, 4.69) is 5.32 Å². The van der Waals surface area contributed by atoms with Gasteiger partial charge in [-0.3, -0.25) is 0 Å². The van der Waals surface area contributed by atoms with Gasteiger partial charge in [0.1, 0.15) is 0 Å². The number of amides is 4. The zero-order valence-electron chi connectivity index (χ0n) is 13.8. The highest BCUT2D eigenvalue weighted by Crippen LogP contribution is 2.15. The minimum Gasteiger partial charge on any atom is -0.479 e. The third-order valence-corrected chi connectivity index (χ3v) is 3.95. The van der Waals surface area contributed by atoms with E-state index in [1.807, 2.05) is 6.92 Å². The number of carbonyl (C=O) groups is 3. The van der Waals surface area contributed by atoms with Crippen LogP contribution in [0.5, 0.6) is 0 Å². The number of hydrogen-bond acceptors (Lipinski definition) is 3. The van der Waals surface area contributed by atoms with Crippen molar-refractivity contribution < 1.29 is 19.5 Å². The molecule has 130 valence electrons. The van der Waals surface area contributed by atoms with E-state index < -0.39 is 18.0 Å². The number of nitrogens with one attached hydrogen (secondary N) is 1. The molecule has 1 aliphatic rings. The molecule has 1 unspecified atom stereocenters. The molecule has 0 spiro atoms. The van der Waals surface area contributed by atoms with E-state index in [0.717, 1.165) is 17.7 Å². The van der Waals surface area contributed by atoms with Gasteiger partial charge < -0.3 is 15.3 Å². The molecule has 1 heterocycles. The molecule has 7 nitrogen and oxygen atoms in total. The van der Waals surface area contributed by atoms with Crippen molar-refractivity contribution >= 4 is 18.0 Å². The third kappa shape index (κ3) is 4.24.